The van der Waals surface area contributed by atoms with Crippen LogP contribution in [0.5, 0.6) is 0 Å². The van der Waals surface area contributed by atoms with Crippen molar-refractivity contribution in [3.05, 3.63) is 60.3 Å². The first-order valence-corrected chi connectivity index (χ1v) is 13.0. The van der Waals surface area contributed by atoms with Crippen LogP contribution in [0.2, 0.25) is 0 Å². The predicted octanol–water partition coefficient (Wildman–Crippen LogP) is 4.17. The van der Waals surface area contributed by atoms with Crippen LogP contribution in [0, 0.1) is 0 Å². The lowest BCUT2D eigenvalue weighted by atomic mass is 10.00. The van der Waals surface area contributed by atoms with E-state index in [4.69, 9.17) is 0 Å². The zero-order valence-corrected chi connectivity index (χ0v) is 21.2. The van der Waals surface area contributed by atoms with Crippen molar-refractivity contribution in [1.82, 2.24) is 20.1 Å². The molecular formula is C28H41N5O2. The molecule has 0 aliphatic carbocycles. The molecule has 0 bridgehead atoms. The van der Waals surface area contributed by atoms with E-state index in [1.165, 1.54) is 11.1 Å². The van der Waals surface area contributed by atoms with E-state index >= 15 is 0 Å². The van der Waals surface area contributed by atoms with Crippen molar-refractivity contribution < 1.29 is 9.59 Å². The third-order valence-corrected chi connectivity index (χ3v) is 6.96. The Morgan fingerprint density at radius 1 is 1.11 bits per heavy atom. The van der Waals surface area contributed by atoms with E-state index in [9.17, 15) is 9.59 Å². The van der Waals surface area contributed by atoms with E-state index in [0.717, 1.165) is 83.5 Å². The van der Waals surface area contributed by atoms with Crippen molar-refractivity contribution in [3.63, 3.8) is 0 Å². The van der Waals surface area contributed by atoms with E-state index in [-0.39, 0.29) is 11.8 Å². The third-order valence-electron chi connectivity index (χ3n) is 6.96. The smallest absolute Gasteiger partial charge is 0.251 e. The van der Waals surface area contributed by atoms with Crippen LogP contribution in [0.1, 0.15) is 62.2 Å². The number of allylic oxidation sites excluding steroid dienone is 1. The van der Waals surface area contributed by atoms with Crippen molar-refractivity contribution in [1.29, 1.82) is 0 Å². The minimum Gasteiger partial charge on any atom is -0.367 e. The fourth-order valence-corrected chi connectivity index (χ4v) is 4.88. The largest absolute Gasteiger partial charge is 0.367 e. The van der Waals surface area contributed by atoms with Gasteiger partial charge in [0.15, 0.2) is 0 Å². The number of hydrogen-bond donors (Lipinski definition) is 2. The first-order valence-electron chi connectivity index (χ1n) is 13.0. The van der Waals surface area contributed by atoms with Gasteiger partial charge in [-0.25, -0.2) is 4.98 Å². The minimum atomic E-state index is -0.0683. The molecule has 1 atom stereocenters. The lowest BCUT2D eigenvalue weighted by Crippen LogP contribution is -2.34. The van der Waals surface area contributed by atoms with Crippen LogP contribution in [-0.2, 0) is 4.79 Å². The molecule has 7 heteroatoms. The second-order valence-electron chi connectivity index (χ2n) is 9.51. The van der Waals surface area contributed by atoms with E-state index in [1.807, 2.05) is 23.1 Å². The van der Waals surface area contributed by atoms with Crippen LogP contribution in [0.4, 0.5) is 5.82 Å². The van der Waals surface area contributed by atoms with Gasteiger partial charge < -0.3 is 15.5 Å². The van der Waals surface area contributed by atoms with Crippen LogP contribution in [0.3, 0.4) is 0 Å². The van der Waals surface area contributed by atoms with Gasteiger partial charge in [0, 0.05) is 64.0 Å². The SMILES string of the molecule is C=CC1=C(C=C)CN(CCCNC(=O)c2ccnc(NC3CCCCN(C(C)=O)CCC3)c2)CC1. The average Bonchev–Trinajstić information content (AvgIpc) is 2.98. The fraction of sp³-hybridized carbons (Fsp3) is 0.536. The summed E-state index contributed by atoms with van der Waals surface area (Å²) in [5.41, 5.74) is 3.17. The maximum atomic E-state index is 12.7. The summed E-state index contributed by atoms with van der Waals surface area (Å²) in [6.07, 6.45) is 12.5. The van der Waals surface area contributed by atoms with Crippen LogP contribution < -0.4 is 10.6 Å². The molecule has 3 rings (SSSR count). The van der Waals surface area contributed by atoms with Crippen LogP contribution in [0.25, 0.3) is 0 Å². The highest BCUT2D eigenvalue weighted by Gasteiger charge is 2.17. The van der Waals surface area contributed by atoms with Crippen molar-refractivity contribution in [3.8, 4) is 0 Å². The van der Waals surface area contributed by atoms with E-state index < -0.39 is 0 Å². The number of carbonyl (C=O) groups excluding carboxylic acids is 2. The van der Waals surface area contributed by atoms with E-state index in [1.54, 1.807) is 19.2 Å². The Balaban J connectivity index is 1.44. The Labute approximate surface area is 210 Å². The summed E-state index contributed by atoms with van der Waals surface area (Å²) in [6, 6.07) is 3.90. The number of hydrogen-bond acceptors (Lipinski definition) is 5. The van der Waals surface area contributed by atoms with Crippen LogP contribution in [0.15, 0.2) is 54.8 Å². The fourth-order valence-electron chi connectivity index (χ4n) is 4.88. The highest BCUT2D eigenvalue weighted by molar-refractivity contribution is 5.94. The summed E-state index contributed by atoms with van der Waals surface area (Å²) in [5.74, 6) is 0.828. The molecule has 2 aliphatic rings. The Bertz CT molecular complexity index is 926. The summed E-state index contributed by atoms with van der Waals surface area (Å²) in [7, 11) is 0. The second-order valence-corrected chi connectivity index (χ2v) is 9.51. The average molecular weight is 480 g/mol. The molecule has 0 radical (unpaired) electrons. The molecule has 7 nitrogen and oxygen atoms in total. The van der Waals surface area contributed by atoms with Gasteiger partial charge in [-0.05, 0) is 68.2 Å². The van der Waals surface area contributed by atoms with Crippen molar-refractivity contribution in [2.24, 2.45) is 0 Å². The van der Waals surface area contributed by atoms with Crippen molar-refractivity contribution in [2.45, 2.75) is 57.9 Å². The van der Waals surface area contributed by atoms with E-state index in [0.29, 0.717) is 18.2 Å². The third kappa shape index (κ3) is 8.35. The first-order chi connectivity index (χ1) is 17.0. The van der Waals surface area contributed by atoms with Gasteiger partial charge in [0.2, 0.25) is 5.91 Å². The zero-order chi connectivity index (χ0) is 25.0. The van der Waals surface area contributed by atoms with Gasteiger partial charge in [0.25, 0.3) is 5.91 Å². The van der Waals surface area contributed by atoms with E-state index in [2.05, 4.69) is 33.7 Å². The highest BCUT2D eigenvalue weighted by atomic mass is 16.2. The van der Waals surface area contributed by atoms with Crippen molar-refractivity contribution in [2.75, 3.05) is 44.6 Å². The van der Waals surface area contributed by atoms with Crippen molar-refractivity contribution >= 4 is 17.6 Å². The Morgan fingerprint density at radius 2 is 1.89 bits per heavy atom. The molecule has 0 saturated carbocycles. The Morgan fingerprint density at radius 3 is 2.66 bits per heavy atom. The lowest BCUT2D eigenvalue weighted by molar-refractivity contribution is -0.128. The predicted molar refractivity (Wildman–Crippen MR) is 142 cm³/mol. The quantitative estimate of drug-likeness (QED) is 0.520. The van der Waals surface area contributed by atoms with Crippen LogP contribution >= 0.6 is 0 Å². The summed E-state index contributed by atoms with van der Waals surface area (Å²) in [6.45, 7) is 14.6. The second kappa shape index (κ2) is 13.8. The molecule has 2 N–H and O–H groups in total. The number of nitrogens with zero attached hydrogens (tertiary/aromatic N) is 3. The Kier molecular flexibility index (Phi) is 10.5. The Hall–Kier alpha value is -2.93. The minimum absolute atomic E-state index is 0.0683. The molecule has 1 aromatic heterocycles. The monoisotopic (exact) mass is 479 g/mol. The van der Waals surface area contributed by atoms with Gasteiger partial charge in [-0.2, -0.15) is 0 Å². The summed E-state index contributed by atoms with van der Waals surface area (Å²) < 4.78 is 0. The molecule has 1 saturated heterocycles. The molecule has 3 heterocycles. The lowest BCUT2D eigenvalue weighted by Gasteiger charge is -2.28. The molecular weight excluding hydrogens is 438 g/mol. The normalized spacial score (nSPS) is 19.8. The molecule has 1 unspecified atom stereocenters. The summed E-state index contributed by atoms with van der Waals surface area (Å²) in [5, 5.41) is 6.57. The number of nitrogens with one attached hydrogen (secondary N) is 2. The van der Waals surface area contributed by atoms with Gasteiger partial charge in [-0.3, -0.25) is 14.5 Å². The zero-order valence-electron chi connectivity index (χ0n) is 21.2. The van der Waals surface area contributed by atoms with Gasteiger partial charge in [0.05, 0.1) is 0 Å². The van der Waals surface area contributed by atoms with Gasteiger partial charge in [-0.15, -0.1) is 0 Å². The number of rotatable bonds is 9. The maximum absolute atomic E-state index is 12.7. The van der Waals surface area contributed by atoms with Crippen LogP contribution in [-0.4, -0.2) is 71.9 Å². The molecule has 0 aromatic carbocycles. The molecule has 0 spiro atoms. The van der Waals surface area contributed by atoms with Gasteiger partial charge in [0.1, 0.15) is 5.82 Å². The highest BCUT2D eigenvalue weighted by Crippen LogP contribution is 2.20. The maximum Gasteiger partial charge on any atom is 0.251 e. The molecule has 35 heavy (non-hydrogen) atoms. The number of amides is 2. The summed E-state index contributed by atoms with van der Waals surface area (Å²) in [4.78, 5) is 33.2. The molecule has 1 fully saturated rings. The number of aromatic nitrogens is 1. The topological polar surface area (TPSA) is 77.6 Å². The molecule has 1 aromatic rings. The van der Waals surface area contributed by atoms with Gasteiger partial charge >= 0.3 is 0 Å². The number of anilines is 1. The molecule has 190 valence electrons. The first kappa shape index (κ1) is 26.7. The number of pyridine rings is 1. The van der Waals surface area contributed by atoms with Gasteiger partial charge in [-0.1, -0.05) is 25.3 Å². The molecule has 2 aliphatic heterocycles. The standard InChI is InChI=1S/C28H41N5O2/c1-4-23-13-19-32(21-24(23)5-2)16-9-14-30-28(35)25-12-15-29-27(20-25)31-26-10-6-7-17-33(22(3)34)18-8-11-26/h4-5,12,15,20,26H,1-2,6-11,13-14,16-19,21H2,3H3,(H,29,31)(H,30,35). The number of carbonyl (C=O) groups is 2. The molecule has 2 amide bonds. The summed E-state index contributed by atoms with van der Waals surface area (Å²) >= 11 is 0.